The molecular weight excluding hydrogens is 322 g/mol. The van der Waals surface area contributed by atoms with Gasteiger partial charge in [0.15, 0.2) is 0 Å². The lowest BCUT2D eigenvalue weighted by Crippen LogP contribution is -2.36. The molecule has 1 saturated heterocycles. The summed E-state index contributed by atoms with van der Waals surface area (Å²) < 4.78 is 15.8. The number of hydrogen-bond acceptors (Lipinski definition) is 6. The largest absolute Gasteiger partial charge is 0.497 e. The second-order valence-corrected chi connectivity index (χ2v) is 5.52. The number of anilines is 2. The van der Waals surface area contributed by atoms with Crippen LogP contribution in [0.5, 0.6) is 11.5 Å². The first-order chi connectivity index (χ1) is 12.2. The van der Waals surface area contributed by atoms with Crippen LogP contribution in [0, 0.1) is 0 Å². The molecule has 1 aliphatic heterocycles. The number of morpholine rings is 1. The Bertz CT molecular complexity index is 745. The Kier molecular flexibility index (Phi) is 5.35. The van der Waals surface area contributed by atoms with Gasteiger partial charge in [-0.3, -0.25) is 9.78 Å². The number of ether oxygens (including phenoxy) is 3. The van der Waals surface area contributed by atoms with Crippen molar-refractivity contribution in [2.24, 2.45) is 0 Å². The van der Waals surface area contributed by atoms with Crippen molar-refractivity contribution in [3.05, 3.63) is 42.2 Å². The molecule has 7 heteroatoms. The number of benzene rings is 1. The Hall–Kier alpha value is -2.80. The molecule has 0 spiro atoms. The van der Waals surface area contributed by atoms with E-state index in [-0.39, 0.29) is 5.91 Å². The molecule has 0 unspecified atom stereocenters. The summed E-state index contributed by atoms with van der Waals surface area (Å²) in [6.07, 6.45) is 1.64. The highest BCUT2D eigenvalue weighted by molar-refractivity contribution is 6.04. The Morgan fingerprint density at radius 2 is 1.96 bits per heavy atom. The van der Waals surface area contributed by atoms with Gasteiger partial charge in [0.25, 0.3) is 5.91 Å². The smallest absolute Gasteiger partial charge is 0.274 e. The first kappa shape index (κ1) is 17.0. The highest BCUT2D eigenvalue weighted by Crippen LogP contribution is 2.29. The van der Waals surface area contributed by atoms with E-state index in [1.807, 2.05) is 6.07 Å². The van der Waals surface area contributed by atoms with Crippen molar-refractivity contribution in [2.75, 3.05) is 50.7 Å². The van der Waals surface area contributed by atoms with Gasteiger partial charge >= 0.3 is 0 Å². The Labute approximate surface area is 146 Å². The fraction of sp³-hybridized carbons (Fsp3) is 0.333. The predicted octanol–water partition coefficient (Wildman–Crippen LogP) is 2.19. The molecule has 132 valence electrons. The number of hydrogen-bond donors (Lipinski definition) is 1. The van der Waals surface area contributed by atoms with E-state index in [0.717, 1.165) is 18.8 Å². The maximum Gasteiger partial charge on any atom is 0.274 e. The molecule has 1 amide bonds. The van der Waals surface area contributed by atoms with Gasteiger partial charge in [0.05, 0.1) is 33.1 Å². The summed E-state index contributed by atoms with van der Waals surface area (Å²) in [5.41, 5.74) is 1.87. The molecule has 2 heterocycles. The van der Waals surface area contributed by atoms with E-state index in [2.05, 4.69) is 15.2 Å². The normalized spacial score (nSPS) is 14.1. The molecule has 0 bridgehead atoms. The molecule has 1 aromatic heterocycles. The highest BCUT2D eigenvalue weighted by atomic mass is 16.5. The molecular formula is C18H21N3O4. The molecule has 0 aliphatic carbocycles. The van der Waals surface area contributed by atoms with E-state index in [9.17, 15) is 4.79 Å². The van der Waals surface area contributed by atoms with Crippen LogP contribution in [0.4, 0.5) is 11.4 Å². The topological polar surface area (TPSA) is 72.9 Å². The lowest BCUT2D eigenvalue weighted by atomic mass is 10.2. The third kappa shape index (κ3) is 4.00. The van der Waals surface area contributed by atoms with E-state index < -0.39 is 0 Å². The third-order valence-electron chi connectivity index (χ3n) is 4.01. The molecule has 2 aromatic rings. The minimum absolute atomic E-state index is 0.293. The summed E-state index contributed by atoms with van der Waals surface area (Å²) in [6.45, 7) is 2.98. The van der Waals surface area contributed by atoms with E-state index in [1.54, 1.807) is 44.7 Å². The van der Waals surface area contributed by atoms with Crippen molar-refractivity contribution in [3.8, 4) is 11.5 Å². The fourth-order valence-corrected chi connectivity index (χ4v) is 2.65. The summed E-state index contributed by atoms with van der Waals surface area (Å²) in [4.78, 5) is 18.9. The van der Waals surface area contributed by atoms with Crippen LogP contribution in [0.25, 0.3) is 0 Å². The van der Waals surface area contributed by atoms with Crippen LogP contribution in [0.15, 0.2) is 36.5 Å². The van der Waals surface area contributed by atoms with Gasteiger partial charge in [-0.15, -0.1) is 0 Å². The van der Waals surface area contributed by atoms with Crippen molar-refractivity contribution in [3.63, 3.8) is 0 Å². The van der Waals surface area contributed by atoms with Gasteiger partial charge in [-0.2, -0.15) is 0 Å². The minimum atomic E-state index is -0.293. The van der Waals surface area contributed by atoms with Gasteiger partial charge < -0.3 is 24.4 Å². The number of pyridine rings is 1. The number of aromatic nitrogens is 1. The monoisotopic (exact) mass is 343 g/mol. The zero-order valence-corrected chi connectivity index (χ0v) is 14.3. The first-order valence-corrected chi connectivity index (χ1v) is 8.03. The Morgan fingerprint density at radius 3 is 2.68 bits per heavy atom. The van der Waals surface area contributed by atoms with Crippen molar-refractivity contribution >= 4 is 17.3 Å². The van der Waals surface area contributed by atoms with Gasteiger partial charge in [0.2, 0.25) is 0 Å². The van der Waals surface area contributed by atoms with E-state index in [0.29, 0.717) is 36.1 Å². The number of amides is 1. The lowest BCUT2D eigenvalue weighted by Gasteiger charge is -2.28. The number of carbonyl (C=O) groups is 1. The number of rotatable bonds is 5. The predicted molar refractivity (Wildman–Crippen MR) is 94.8 cm³/mol. The zero-order chi connectivity index (χ0) is 17.6. The van der Waals surface area contributed by atoms with Gasteiger partial charge in [-0.1, -0.05) is 0 Å². The van der Waals surface area contributed by atoms with Crippen LogP contribution in [0.1, 0.15) is 10.5 Å². The second-order valence-electron chi connectivity index (χ2n) is 5.52. The second kappa shape index (κ2) is 7.85. The van der Waals surface area contributed by atoms with Crippen LogP contribution >= 0.6 is 0 Å². The Morgan fingerprint density at radius 1 is 1.16 bits per heavy atom. The summed E-state index contributed by atoms with van der Waals surface area (Å²) in [6, 6.07) is 8.90. The Balaban J connectivity index is 1.77. The fourth-order valence-electron chi connectivity index (χ4n) is 2.65. The van der Waals surface area contributed by atoms with Crippen LogP contribution in [0.3, 0.4) is 0 Å². The number of carbonyl (C=O) groups excluding carboxylic acids is 1. The van der Waals surface area contributed by atoms with Gasteiger partial charge in [0.1, 0.15) is 17.2 Å². The quantitative estimate of drug-likeness (QED) is 0.897. The summed E-state index contributed by atoms with van der Waals surface area (Å²) in [5.74, 6) is 0.887. The number of nitrogens with one attached hydrogen (secondary N) is 1. The van der Waals surface area contributed by atoms with Crippen LogP contribution in [0.2, 0.25) is 0 Å². The van der Waals surface area contributed by atoms with Crippen LogP contribution in [-0.2, 0) is 4.74 Å². The molecule has 1 N–H and O–H groups in total. The molecule has 0 saturated carbocycles. The molecule has 1 fully saturated rings. The van der Waals surface area contributed by atoms with Gasteiger partial charge in [-0.05, 0) is 24.3 Å². The standard InChI is InChI=1S/C18H21N3O4/c1-23-14-3-4-15(17(12-14)24-2)20-18(22)16-11-13(5-6-19-16)21-7-9-25-10-8-21/h3-6,11-12H,7-10H2,1-2H3,(H,20,22). The average Bonchev–Trinajstić information content (AvgIpc) is 2.69. The van der Waals surface area contributed by atoms with Gasteiger partial charge in [-0.25, -0.2) is 0 Å². The number of methoxy groups -OCH3 is 2. The van der Waals surface area contributed by atoms with E-state index >= 15 is 0 Å². The highest BCUT2D eigenvalue weighted by Gasteiger charge is 2.16. The van der Waals surface area contributed by atoms with Gasteiger partial charge in [0, 0.05) is 31.0 Å². The molecule has 1 aliphatic rings. The molecule has 25 heavy (non-hydrogen) atoms. The first-order valence-electron chi connectivity index (χ1n) is 8.03. The lowest BCUT2D eigenvalue weighted by molar-refractivity contribution is 0.102. The molecule has 0 radical (unpaired) electrons. The summed E-state index contributed by atoms with van der Waals surface area (Å²) >= 11 is 0. The van der Waals surface area contributed by atoms with Crippen molar-refractivity contribution in [1.29, 1.82) is 0 Å². The summed E-state index contributed by atoms with van der Waals surface area (Å²) in [7, 11) is 3.12. The average molecular weight is 343 g/mol. The summed E-state index contributed by atoms with van der Waals surface area (Å²) in [5, 5.41) is 2.83. The van der Waals surface area contributed by atoms with Crippen molar-refractivity contribution in [2.45, 2.75) is 0 Å². The molecule has 1 aromatic carbocycles. The zero-order valence-electron chi connectivity index (χ0n) is 14.3. The third-order valence-corrected chi connectivity index (χ3v) is 4.01. The van der Waals surface area contributed by atoms with E-state index in [1.165, 1.54) is 0 Å². The molecule has 7 nitrogen and oxygen atoms in total. The van der Waals surface area contributed by atoms with Crippen molar-refractivity contribution < 1.29 is 19.0 Å². The SMILES string of the molecule is COc1ccc(NC(=O)c2cc(N3CCOCC3)ccn2)c(OC)c1. The maximum absolute atomic E-state index is 12.6. The minimum Gasteiger partial charge on any atom is -0.497 e. The van der Waals surface area contributed by atoms with Crippen LogP contribution in [-0.4, -0.2) is 51.4 Å². The molecule has 0 atom stereocenters. The van der Waals surface area contributed by atoms with E-state index in [4.69, 9.17) is 14.2 Å². The molecule has 3 rings (SSSR count). The number of nitrogens with zero attached hydrogens (tertiary/aromatic N) is 2. The maximum atomic E-state index is 12.6. The van der Waals surface area contributed by atoms with Crippen LogP contribution < -0.4 is 19.7 Å². The van der Waals surface area contributed by atoms with Crippen molar-refractivity contribution in [1.82, 2.24) is 4.98 Å².